The monoisotopic (exact) mass is 418 g/mol. The second kappa shape index (κ2) is 9.01. The van der Waals surface area contributed by atoms with Crippen LogP contribution in [0.25, 0.3) is 0 Å². The lowest BCUT2D eigenvalue weighted by molar-refractivity contribution is 0.102. The predicted molar refractivity (Wildman–Crippen MR) is 123 cm³/mol. The Morgan fingerprint density at radius 1 is 1.03 bits per heavy atom. The summed E-state index contributed by atoms with van der Waals surface area (Å²) < 4.78 is 0. The molecule has 1 fully saturated rings. The van der Waals surface area contributed by atoms with Crippen LogP contribution < -0.4 is 21.1 Å². The second-order valence-electron chi connectivity index (χ2n) is 7.70. The fourth-order valence-electron chi connectivity index (χ4n) is 3.60. The van der Waals surface area contributed by atoms with Crippen LogP contribution in [0, 0.1) is 6.92 Å². The minimum Gasteiger partial charge on any atom is -0.369 e. The zero-order chi connectivity index (χ0) is 21.8. The van der Waals surface area contributed by atoms with Gasteiger partial charge in [0.05, 0.1) is 5.69 Å². The molecule has 0 unspecified atom stereocenters. The quantitative estimate of drug-likeness (QED) is 0.590. The largest absolute Gasteiger partial charge is 0.369 e. The van der Waals surface area contributed by atoms with E-state index in [9.17, 15) is 9.59 Å². The molecule has 3 heterocycles. The Balaban J connectivity index is 1.50. The molecule has 1 aromatic carbocycles. The van der Waals surface area contributed by atoms with Crippen LogP contribution in [0.2, 0.25) is 0 Å². The van der Waals surface area contributed by atoms with E-state index >= 15 is 0 Å². The van der Waals surface area contributed by atoms with Crippen molar-refractivity contribution in [3.05, 3.63) is 76.5 Å². The lowest BCUT2D eigenvalue weighted by Gasteiger charge is -2.34. The smallest absolute Gasteiger partial charge is 0.263 e. The Bertz CT molecular complexity index is 1120. The van der Waals surface area contributed by atoms with Gasteiger partial charge in [0.25, 0.3) is 11.5 Å². The Labute approximate surface area is 180 Å². The van der Waals surface area contributed by atoms with E-state index in [1.165, 1.54) is 6.20 Å². The van der Waals surface area contributed by atoms with Crippen LogP contribution in [0.5, 0.6) is 0 Å². The number of nitrogens with zero attached hydrogens (tertiary/aromatic N) is 3. The average Bonchev–Trinajstić information content (AvgIpc) is 2.75. The number of benzene rings is 1. The highest BCUT2D eigenvalue weighted by atomic mass is 16.2. The standard InChI is InChI=1S/C23H26N6O2/c1-16-15-18(7-9-24-16)26-20-8-10-25-22(30)21(20)23(31)27-17-3-5-19(6-4-17)29-13-11-28(2)12-14-29/h3-10,15H,11-14H2,1-2H3,(H,27,31)(H2,24,25,26,30). The zero-order valence-electron chi connectivity index (χ0n) is 17.7. The minimum absolute atomic E-state index is 0.0279. The van der Waals surface area contributed by atoms with Crippen LogP contribution in [0.1, 0.15) is 16.1 Å². The number of aryl methyl sites for hydroxylation is 1. The number of carbonyl (C=O) groups excluding carboxylic acids is 1. The summed E-state index contributed by atoms with van der Waals surface area (Å²) in [5.74, 6) is -0.470. The van der Waals surface area contributed by atoms with E-state index in [2.05, 4.69) is 37.4 Å². The summed E-state index contributed by atoms with van der Waals surface area (Å²) >= 11 is 0. The third-order valence-corrected chi connectivity index (χ3v) is 5.36. The third-order valence-electron chi connectivity index (χ3n) is 5.36. The lowest BCUT2D eigenvalue weighted by Crippen LogP contribution is -2.44. The molecule has 160 valence electrons. The summed E-state index contributed by atoms with van der Waals surface area (Å²) in [5.41, 5.74) is 3.35. The first-order valence-corrected chi connectivity index (χ1v) is 10.3. The topological polar surface area (TPSA) is 93.4 Å². The normalized spacial score (nSPS) is 14.3. The van der Waals surface area contributed by atoms with Crippen molar-refractivity contribution < 1.29 is 4.79 Å². The number of likely N-dealkylation sites (N-methyl/N-ethyl adjacent to an activating group) is 1. The number of anilines is 4. The zero-order valence-corrected chi connectivity index (χ0v) is 17.7. The molecule has 0 bridgehead atoms. The molecule has 8 heteroatoms. The number of aromatic amines is 1. The molecule has 0 atom stereocenters. The number of nitrogens with one attached hydrogen (secondary N) is 3. The first-order chi connectivity index (χ1) is 15.0. The molecule has 0 aliphatic carbocycles. The number of hydrogen-bond donors (Lipinski definition) is 3. The highest BCUT2D eigenvalue weighted by Gasteiger charge is 2.18. The molecular weight excluding hydrogens is 392 g/mol. The van der Waals surface area contributed by atoms with Gasteiger partial charge in [0.2, 0.25) is 0 Å². The average molecular weight is 419 g/mol. The van der Waals surface area contributed by atoms with E-state index in [1.807, 2.05) is 37.3 Å². The van der Waals surface area contributed by atoms with E-state index in [1.54, 1.807) is 18.3 Å². The van der Waals surface area contributed by atoms with E-state index in [4.69, 9.17) is 0 Å². The van der Waals surface area contributed by atoms with Gasteiger partial charge in [-0.3, -0.25) is 14.6 Å². The minimum atomic E-state index is -0.470. The Morgan fingerprint density at radius 3 is 2.48 bits per heavy atom. The SMILES string of the molecule is Cc1cc(Nc2cc[nH]c(=O)c2C(=O)Nc2ccc(N3CCN(C)CC3)cc2)ccn1. The first kappa shape index (κ1) is 20.6. The Morgan fingerprint density at radius 2 is 1.77 bits per heavy atom. The summed E-state index contributed by atoms with van der Waals surface area (Å²) in [7, 11) is 2.13. The molecule has 8 nitrogen and oxygen atoms in total. The van der Waals surface area contributed by atoms with E-state index in [-0.39, 0.29) is 5.56 Å². The number of rotatable bonds is 5. The summed E-state index contributed by atoms with van der Waals surface area (Å²) in [6.07, 6.45) is 3.19. The first-order valence-electron chi connectivity index (χ1n) is 10.3. The van der Waals surface area contributed by atoms with Gasteiger partial charge in [-0.1, -0.05) is 0 Å². The molecule has 3 N–H and O–H groups in total. The maximum absolute atomic E-state index is 12.9. The van der Waals surface area contributed by atoms with Crippen LogP contribution in [0.4, 0.5) is 22.7 Å². The summed E-state index contributed by atoms with van der Waals surface area (Å²) in [6.45, 7) is 5.89. The van der Waals surface area contributed by atoms with E-state index in [0.29, 0.717) is 11.4 Å². The van der Waals surface area contributed by atoms with Crippen molar-refractivity contribution in [1.82, 2.24) is 14.9 Å². The molecule has 1 aliphatic rings. The molecular formula is C23H26N6O2. The second-order valence-corrected chi connectivity index (χ2v) is 7.70. The number of hydrogen-bond acceptors (Lipinski definition) is 6. The van der Waals surface area contributed by atoms with Gasteiger partial charge in [-0.15, -0.1) is 0 Å². The third kappa shape index (κ3) is 4.92. The fraction of sp³-hybridized carbons (Fsp3) is 0.261. The molecule has 3 aromatic rings. The van der Waals surface area contributed by atoms with Crippen LogP contribution >= 0.6 is 0 Å². The van der Waals surface area contributed by atoms with Gasteiger partial charge in [0.15, 0.2) is 0 Å². The molecule has 0 saturated carbocycles. The van der Waals surface area contributed by atoms with Gasteiger partial charge in [0, 0.05) is 61.3 Å². The Kier molecular flexibility index (Phi) is 5.99. The van der Waals surface area contributed by atoms with Gasteiger partial charge < -0.3 is 25.4 Å². The van der Waals surface area contributed by atoms with Crippen molar-refractivity contribution in [3.63, 3.8) is 0 Å². The highest BCUT2D eigenvalue weighted by molar-refractivity contribution is 6.08. The predicted octanol–water partition coefficient (Wildman–Crippen LogP) is 2.83. The number of pyridine rings is 2. The number of aromatic nitrogens is 2. The van der Waals surface area contributed by atoms with Gasteiger partial charge in [0.1, 0.15) is 5.56 Å². The molecule has 0 spiro atoms. The van der Waals surface area contributed by atoms with Crippen molar-refractivity contribution in [1.29, 1.82) is 0 Å². The summed E-state index contributed by atoms with van der Waals surface area (Å²) in [6, 6.07) is 13.0. The van der Waals surface area contributed by atoms with E-state index < -0.39 is 11.5 Å². The molecule has 2 aromatic heterocycles. The molecule has 0 radical (unpaired) electrons. The molecule has 31 heavy (non-hydrogen) atoms. The van der Waals surface area contributed by atoms with Crippen LogP contribution in [0.15, 0.2) is 59.7 Å². The molecule has 1 amide bonds. The van der Waals surface area contributed by atoms with Gasteiger partial charge in [-0.05, 0) is 56.4 Å². The molecule has 1 saturated heterocycles. The van der Waals surface area contributed by atoms with Crippen molar-refractivity contribution in [2.75, 3.05) is 48.8 Å². The number of H-pyrrole nitrogens is 1. The van der Waals surface area contributed by atoms with Gasteiger partial charge in [-0.2, -0.15) is 0 Å². The Hall–Kier alpha value is -3.65. The summed E-state index contributed by atoms with van der Waals surface area (Å²) in [5, 5.41) is 5.98. The van der Waals surface area contributed by atoms with Gasteiger partial charge >= 0.3 is 0 Å². The van der Waals surface area contributed by atoms with Crippen molar-refractivity contribution in [2.45, 2.75) is 6.92 Å². The van der Waals surface area contributed by atoms with Crippen LogP contribution in [-0.2, 0) is 0 Å². The maximum atomic E-state index is 12.9. The number of piperazine rings is 1. The van der Waals surface area contributed by atoms with Crippen molar-refractivity contribution in [3.8, 4) is 0 Å². The number of amides is 1. The fourth-order valence-corrected chi connectivity index (χ4v) is 3.60. The molecule has 1 aliphatic heterocycles. The molecule has 4 rings (SSSR count). The maximum Gasteiger partial charge on any atom is 0.263 e. The van der Waals surface area contributed by atoms with E-state index in [0.717, 1.165) is 43.2 Å². The van der Waals surface area contributed by atoms with Crippen molar-refractivity contribution in [2.24, 2.45) is 0 Å². The van der Waals surface area contributed by atoms with Crippen molar-refractivity contribution >= 4 is 28.7 Å². The van der Waals surface area contributed by atoms with Gasteiger partial charge in [-0.25, -0.2) is 0 Å². The number of carbonyl (C=O) groups is 1. The van der Waals surface area contributed by atoms with Crippen LogP contribution in [-0.4, -0.2) is 54.0 Å². The summed E-state index contributed by atoms with van der Waals surface area (Å²) in [4.78, 5) is 36.7. The van der Waals surface area contributed by atoms with Crippen LogP contribution in [0.3, 0.4) is 0 Å². The highest BCUT2D eigenvalue weighted by Crippen LogP contribution is 2.22. The lowest BCUT2D eigenvalue weighted by atomic mass is 10.2.